The van der Waals surface area contributed by atoms with E-state index in [4.69, 9.17) is 12.8 Å². The normalized spacial score (nSPS) is 11.8. The molecule has 9 aromatic rings. The topological polar surface area (TPSA) is 0 Å². The van der Waals surface area contributed by atoms with Gasteiger partial charge in [-0.1, -0.05) is 169 Å². The molecule has 66 heavy (non-hydrogen) atoms. The van der Waals surface area contributed by atoms with Gasteiger partial charge in [0.15, 0.2) is 0 Å². The van der Waals surface area contributed by atoms with Gasteiger partial charge < -0.3 is 12.8 Å². The standard InChI is InChI=1S/C30H24P2.C16H13Si.C15H9.2Au/c1-5-15-25(16-6-1)31(26-17-7-2-8-18-26)29-23-13-14-24-30(29)32(27-19-9-3-10-20-27)28-21-11-4-12-22-28;1-4-12-9-10-14-13-7-5-6-8-15(13)17(2,3)16(14)11-12;1-2-11-7-8-15-13(9-11)10-12-5-3-4-6-14(12)15;;/h1-24H;5-11H,2-3H3;3-9H,10H2;;/q;2*-1;2*+1/p+2. The summed E-state index contributed by atoms with van der Waals surface area (Å²) in [6.45, 7) is 4.76. The van der Waals surface area contributed by atoms with Gasteiger partial charge in [0.1, 0.15) is 55.7 Å². The largest absolute Gasteiger partial charge is 1.00 e. The van der Waals surface area contributed by atoms with E-state index >= 15 is 0 Å². The van der Waals surface area contributed by atoms with Gasteiger partial charge in [-0.2, -0.15) is 0 Å². The molecule has 0 saturated heterocycles. The third kappa shape index (κ3) is 10.3. The van der Waals surface area contributed by atoms with Crippen LogP contribution in [0, 0.1) is 24.7 Å². The van der Waals surface area contributed by atoms with Crippen LogP contribution in [0.25, 0.3) is 22.3 Å². The van der Waals surface area contributed by atoms with Crippen molar-refractivity contribution in [1.82, 2.24) is 0 Å². The number of fused-ring (bicyclic) bond motifs is 6. The Morgan fingerprint density at radius 1 is 0.364 bits per heavy atom. The van der Waals surface area contributed by atoms with Gasteiger partial charge in [0.25, 0.3) is 0 Å². The van der Waals surface area contributed by atoms with Crippen molar-refractivity contribution >= 4 is 66.1 Å². The van der Waals surface area contributed by atoms with E-state index in [9.17, 15) is 0 Å². The van der Waals surface area contributed by atoms with Crippen molar-refractivity contribution in [2.75, 3.05) is 0 Å². The molecule has 11 rings (SSSR count). The minimum absolute atomic E-state index is 0. The molecule has 0 fully saturated rings. The van der Waals surface area contributed by atoms with Crippen LogP contribution in [0.4, 0.5) is 0 Å². The summed E-state index contributed by atoms with van der Waals surface area (Å²) in [5, 5.41) is 11.7. The van der Waals surface area contributed by atoms with Gasteiger partial charge in [-0.3, -0.25) is 11.8 Å². The van der Waals surface area contributed by atoms with E-state index in [1.807, 2.05) is 12.1 Å². The third-order valence-electron chi connectivity index (χ3n) is 12.4. The maximum atomic E-state index is 7.26. The number of rotatable bonds is 6. The Kier molecular flexibility index (Phi) is 16.5. The number of hydrogen-bond donors (Lipinski definition) is 0. The average Bonchev–Trinajstić information content (AvgIpc) is 3.84. The minimum atomic E-state index is -1.55. The Morgan fingerprint density at radius 2 is 0.727 bits per heavy atom. The van der Waals surface area contributed by atoms with Crippen LogP contribution in [0.1, 0.15) is 22.3 Å². The van der Waals surface area contributed by atoms with Gasteiger partial charge in [-0.25, -0.2) is 0 Å². The summed E-state index contributed by atoms with van der Waals surface area (Å²) in [6, 6.07) is 83.0. The molecule has 0 unspecified atom stereocenters. The van der Waals surface area contributed by atoms with E-state index in [-0.39, 0.29) is 44.8 Å². The molecule has 9 aromatic carbocycles. The van der Waals surface area contributed by atoms with Crippen LogP contribution >= 0.6 is 15.8 Å². The second-order valence-electron chi connectivity index (χ2n) is 16.6. The fraction of sp³-hybridized carbons (Fsp3) is 0.0492. The molecule has 0 saturated carbocycles. The molecule has 326 valence electrons. The first-order chi connectivity index (χ1) is 31.4. The minimum Gasteiger partial charge on any atom is -0.366 e. The van der Waals surface area contributed by atoms with Crippen molar-refractivity contribution in [2.45, 2.75) is 19.5 Å². The van der Waals surface area contributed by atoms with E-state index in [1.165, 1.54) is 75.6 Å². The first kappa shape index (κ1) is 48.6. The molecule has 0 atom stereocenters. The third-order valence-corrected chi connectivity index (χ3v) is 21.8. The molecular formula is C61H48Au2P2Si+2. The Hall–Kier alpha value is -5.34. The van der Waals surface area contributed by atoms with Gasteiger partial charge in [0.2, 0.25) is 0 Å². The predicted molar refractivity (Wildman–Crippen MR) is 282 cm³/mol. The van der Waals surface area contributed by atoms with Crippen molar-refractivity contribution in [3.8, 4) is 34.1 Å². The maximum Gasteiger partial charge on any atom is 1.00 e. The van der Waals surface area contributed by atoms with Gasteiger partial charge in [0, 0.05) is 0 Å². The van der Waals surface area contributed by atoms with Crippen LogP contribution in [-0.2, 0) is 51.2 Å². The Balaban J connectivity index is 0.000000160. The fourth-order valence-corrected chi connectivity index (χ4v) is 18.4. The molecule has 0 N–H and O–H groups in total. The summed E-state index contributed by atoms with van der Waals surface area (Å²) in [5.74, 6) is 4.93. The van der Waals surface area contributed by atoms with Gasteiger partial charge >= 0.3 is 44.8 Å². The first-order valence-corrected chi connectivity index (χ1v) is 27.8. The van der Waals surface area contributed by atoms with Gasteiger partial charge in [0.05, 0.1) is 0 Å². The molecule has 2 aliphatic rings. The van der Waals surface area contributed by atoms with Crippen molar-refractivity contribution < 1.29 is 44.8 Å². The Bertz CT molecular complexity index is 2960. The second-order valence-corrected chi connectivity index (χ2v) is 25.9. The zero-order valence-corrected chi connectivity index (χ0v) is 44.1. The van der Waals surface area contributed by atoms with E-state index in [2.05, 4.69) is 243 Å². The summed E-state index contributed by atoms with van der Waals surface area (Å²) < 4.78 is 0. The number of benzene rings is 9. The molecule has 0 spiro atoms. The van der Waals surface area contributed by atoms with Crippen LogP contribution in [0.2, 0.25) is 13.1 Å². The molecule has 0 bridgehead atoms. The van der Waals surface area contributed by atoms with Crippen LogP contribution in [-0.4, -0.2) is 8.07 Å². The molecule has 0 aromatic heterocycles. The quantitative estimate of drug-likeness (QED) is 0.0674. The zero-order chi connectivity index (χ0) is 43.9. The summed E-state index contributed by atoms with van der Waals surface area (Å²) >= 11 is 0. The summed E-state index contributed by atoms with van der Waals surface area (Å²) in [6.07, 6.45) is 15.4. The molecule has 0 amide bonds. The van der Waals surface area contributed by atoms with E-state index in [1.54, 1.807) is 0 Å². The van der Waals surface area contributed by atoms with Crippen LogP contribution < -0.4 is 42.2 Å². The van der Waals surface area contributed by atoms with E-state index in [0.717, 1.165) is 17.5 Å². The summed E-state index contributed by atoms with van der Waals surface area (Å²) in [7, 11) is -3.83. The molecular weight excluding hydrogens is 1220 g/mol. The molecule has 1 aliphatic carbocycles. The monoisotopic (exact) mass is 1260 g/mol. The van der Waals surface area contributed by atoms with Crippen LogP contribution in [0.15, 0.2) is 231 Å². The average molecular weight is 1270 g/mol. The van der Waals surface area contributed by atoms with Crippen molar-refractivity contribution in [2.24, 2.45) is 0 Å². The molecule has 1 aliphatic heterocycles. The Morgan fingerprint density at radius 3 is 1.21 bits per heavy atom. The molecule has 5 heteroatoms. The Labute approximate surface area is 426 Å². The van der Waals surface area contributed by atoms with Crippen molar-refractivity contribution in [3.63, 3.8) is 0 Å². The van der Waals surface area contributed by atoms with Crippen molar-refractivity contribution in [3.05, 3.63) is 266 Å². The summed E-state index contributed by atoms with van der Waals surface area (Å²) in [4.78, 5) is 0. The first-order valence-electron chi connectivity index (χ1n) is 21.8. The molecule has 0 radical (unpaired) electrons. The van der Waals surface area contributed by atoms with Gasteiger partial charge in [-0.05, 0) is 100 Å². The SMILES string of the molecule is [Au+].[Au+].[C-]#Cc1ccc2c(c1)Cc1ccccc1-2.[C-]#Cc1ccc2c(c1)[Si](C)(C)c1ccccc1-2.c1ccc([PH+](c2ccccc2)c2ccccc2[PH+](c2ccccc2)c2ccccc2)cc1. The summed E-state index contributed by atoms with van der Waals surface area (Å²) in [5.41, 5.74) is 9.84. The van der Waals surface area contributed by atoms with E-state index in [0.29, 0.717) is 0 Å². The fourth-order valence-electron chi connectivity index (χ4n) is 9.30. The molecule has 1 heterocycles. The maximum absolute atomic E-state index is 7.26. The predicted octanol–water partition coefficient (Wildman–Crippen LogP) is 10.3. The van der Waals surface area contributed by atoms with Crippen LogP contribution in [0.3, 0.4) is 0 Å². The smallest absolute Gasteiger partial charge is 0.366 e. The van der Waals surface area contributed by atoms with Crippen LogP contribution in [0.5, 0.6) is 0 Å². The van der Waals surface area contributed by atoms with Crippen molar-refractivity contribution in [1.29, 1.82) is 0 Å². The molecule has 0 nitrogen and oxygen atoms in total. The zero-order valence-electron chi connectivity index (χ0n) is 36.7. The van der Waals surface area contributed by atoms with Gasteiger partial charge in [-0.15, -0.1) is 35.4 Å². The van der Waals surface area contributed by atoms with E-state index < -0.39 is 23.9 Å². The second kappa shape index (κ2) is 22.4. The number of hydrogen-bond acceptors (Lipinski definition) is 0.